The zero-order valence-electron chi connectivity index (χ0n) is 14.3. The Bertz CT molecular complexity index is 932. The highest BCUT2D eigenvalue weighted by Crippen LogP contribution is 2.29. The van der Waals surface area contributed by atoms with Crippen LogP contribution in [-0.2, 0) is 4.79 Å². The first-order valence-electron chi connectivity index (χ1n) is 8.50. The molecule has 0 aliphatic carbocycles. The second-order valence-electron chi connectivity index (χ2n) is 6.40. The average Bonchev–Trinajstić information content (AvgIpc) is 3.05. The van der Waals surface area contributed by atoms with Crippen LogP contribution in [0, 0.1) is 12.8 Å². The highest BCUT2D eigenvalue weighted by Gasteiger charge is 2.27. The van der Waals surface area contributed by atoms with E-state index in [2.05, 4.69) is 25.3 Å². The van der Waals surface area contributed by atoms with Crippen LogP contribution < -0.4 is 10.2 Å². The Labute approximate surface area is 155 Å². The molecule has 0 radical (unpaired) electrons. The number of anilines is 2. The number of fused-ring (bicyclic) bond motifs is 1. The quantitative estimate of drug-likeness (QED) is 0.759. The number of hydrogen-bond acceptors (Lipinski definition) is 6. The van der Waals surface area contributed by atoms with E-state index in [0.29, 0.717) is 10.7 Å². The lowest BCUT2D eigenvalue weighted by Crippen LogP contribution is -2.38. The number of benzene rings is 1. The summed E-state index contributed by atoms with van der Waals surface area (Å²) in [5, 5.41) is 8.42. The number of carbonyl (C=O) groups is 1. The van der Waals surface area contributed by atoms with Gasteiger partial charge in [-0.1, -0.05) is 16.8 Å². The van der Waals surface area contributed by atoms with Crippen LogP contribution in [0.15, 0.2) is 35.1 Å². The van der Waals surface area contributed by atoms with E-state index in [1.807, 2.05) is 19.1 Å². The number of nitrogens with zero attached hydrogens (tertiary/aromatic N) is 4. The normalized spacial score (nSPS) is 15.4. The maximum Gasteiger partial charge on any atom is 0.263 e. The summed E-state index contributed by atoms with van der Waals surface area (Å²) in [6, 6.07) is 7.15. The van der Waals surface area contributed by atoms with Crippen molar-refractivity contribution in [1.29, 1.82) is 0 Å². The van der Waals surface area contributed by atoms with Crippen LogP contribution in [-0.4, -0.2) is 34.1 Å². The first-order valence-corrected chi connectivity index (χ1v) is 8.88. The van der Waals surface area contributed by atoms with Gasteiger partial charge in [-0.2, -0.15) is 4.98 Å². The minimum Gasteiger partial charge on any atom is -0.356 e. The van der Waals surface area contributed by atoms with Gasteiger partial charge in [0.2, 0.25) is 5.91 Å². The standard InChI is InChI=1S/C18H18ClN5O2/c1-11-15-16(20-10-21-18(15)26-23-11)24-8-6-12(7-9-24)17(25)22-14-4-2-13(19)3-5-14/h2-5,10,12H,6-9H2,1H3,(H,22,25). The second kappa shape index (κ2) is 6.92. The van der Waals surface area contributed by atoms with Gasteiger partial charge >= 0.3 is 0 Å². The Morgan fingerprint density at radius 2 is 1.96 bits per heavy atom. The predicted molar refractivity (Wildman–Crippen MR) is 99.4 cm³/mol. The predicted octanol–water partition coefficient (Wildman–Crippen LogP) is 3.43. The van der Waals surface area contributed by atoms with Crippen LogP contribution >= 0.6 is 11.6 Å². The summed E-state index contributed by atoms with van der Waals surface area (Å²) in [6.45, 7) is 3.37. The first kappa shape index (κ1) is 16.8. The molecule has 26 heavy (non-hydrogen) atoms. The molecular formula is C18H18ClN5O2. The van der Waals surface area contributed by atoms with Crippen LogP contribution in [0.5, 0.6) is 0 Å². The molecule has 134 valence electrons. The third kappa shape index (κ3) is 3.22. The molecule has 0 bridgehead atoms. The number of aryl methyl sites for hydroxylation is 1. The Kier molecular flexibility index (Phi) is 4.46. The topological polar surface area (TPSA) is 84.2 Å². The molecule has 0 saturated carbocycles. The molecule has 1 saturated heterocycles. The molecule has 1 N–H and O–H groups in total. The van der Waals surface area contributed by atoms with Crippen LogP contribution in [0.1, 0.15) is 18.5 Å². The Morgan fingerprint density at radius 3 is 2.69 bits per heavy atom. The number of rotatable bonds is 3. The van der Waals surface area contributed by atoms with Crippen LogP contribution in [0.3, 0.4) is 0 Å². The van der Waals surface area contributed by atoms with Crippen molar-refractivity contribution in [2.75, 3.05) is 23.3 Å². The zero-order valence-corrected chi connectivity index (χ0v) is 15.0. The van der Waals surface area contributed by atoms with Gasteiger partial charge in [0.05, 0.1) is 5.69 Å². The van der Waals surface area contributed by atoms with E-state index in [1.165, 1.54) is 6.33 Å². The fourth-order valence-electron chi connectivity index (χ4n) is 3.27. The highest BCUT2D eigenvalue weighted by atomic mass is 35.5. The first-order chi connectivity index (χ1) is 12.6. The molecular weight excluding hydrogens is 354 g/mol. The van der Waals surface area contributed by atoms with Gasteiger partial charge in [-0.05, 0) is 44.0 Å². The van der Waals surface area contributed by atoms with Crippen molar-refractivity contribution in [1.82, 2.24) is 15.1 Å². The molecule has 1 amide bonds. The van der Waals surface area contributed by atoms with E-state index < -0.39 is 0 Å². The van der Waals surface area contributed by atoms with E-state index in [4.69, 9.17) is 16.1 Å². The minimum atomic E-state index is -0.0252. The van der Waals surface area contributed by atoms with E-state index in [1.54, 1.807) is 12.1 Å². The summed E-state index contributed by atoms with van der Waals surface area (Å²) in [6.07, 6.45) is 3.01. The van der Waals surface area contributed by atoms with Crippen molar-refractivity contribution in [2.24, 2.45) is 5.92 Å². The molecule has 0 unspecified atom stereocenters. The third-order valence-electron chi connectivity index (χ3n) is 4.70. The van der Waals surface area contributed by atoms with Crippen molar-refractivity contribution < 1.29 is 9.32 Å². The van der Waals surface area contributed by atoms with Gasteiger partial charge in [-0.15, -0.1) is 0 Å². The van der Waals surface area contributed by atoms with E-state index in [0.717, 1.165) is 48.5 Å². The smallest absolute Gasteiger partial charge is 0.263 e. The molecule has 1 aliphatic heterocycles. The molecule has 1 aliphatic rings. The lowest BCUT2D eigenvalue weighted by molar-refractivity contribution is -0.120. The largest absolute Gasteiger partial charge is 0.356 e. The van der Waals surface area contributed by atoms with Crippen molar-refractivity contribution in [2.45, 2.75) is 19.8 Å². The number of halogens is 1. The molecule has 2 aromatic heterocycles. The third-order valence-corrected chi connectivity index (χ3v) is 4.95. The monoisotopic (exact) mass is 371 g/mol. The van der Waals surface area contributed by atoms with Crippen LogP contribution in [0.4, 0.5) is 11.5 Å². The minimum absolute atomic E-state index is 0.0252. The Hall–Kier alpha value is -2.67. The summed E-state index contributed by atoms with van der Waals surface area (Å²) in [7, 11) is 0. The number of carbonyl (C=O) groups excluding carboxylic acids is 1. The van der Waals surface area contributed by atoms with Gasteiger partial charge < -0.3 is 14.7 Å². The summed E-state index contributed by atoms with van der Waals surface area (Å²) in [5.74, 6) is 0.842. The number of piperidine rings is 1. The zero-order chi connectivity index (χ0) is 18.1. The molecule has 7 nitrogen and oxygen atoms in total. The Morgan fingerprint density at radius 1 is 1.23 bits per heavy atom. The fourth-order valence-corrected chi connectivity index (χ4v) is 3.40. The molecule has 8 heteroatoms. The highest BCUT2D eigenvalue weighted by molar-refractivity contribution is 6.30. The fraction of sp³-hybridized carbons (Fsp3) is 0.333. The summed E-state index contributed by atoms with van der Waals surface area (Å²) in [4.78, 5) is 23.2. The van der Waals surface area contributed by atoms with Gasteiger partial charge in [-0.3, -0.25) is 4.79 Å². The van der Waals surface area contributed by atoms with E-state index in [-0.39, 0.29) is 11.8 Å². The average molecular weight is 372 g/mol. The van der Waals surface area contributed by atoms with Crippen LogP contribution in [0.2, 0.25) is 5.02 Å². The Balaban J connectivity index is 1.43. The van der Waals surface area contributed by atoms with E-state index >= 15 is 0 Å². The lowest BCUT2D eigenvalue weighted by atomic mass is 9.95. The molecule has 0 spiro atoms. The molecule has 0 atom stereocenters. The van der Waals surface area contributed by atoms with E-state index in [9.17, 15) is 4.79 Å². The van der Waals surface area contributed by atoms with Crippen molar-refractivity contribution in [3.8, 4) is 0 Å². The summed E-state index contributed by atoms with van der Waals surface area (Å²) < 4.78 is 5.21. The maximum atomic E-state index is 12.5. The molecule has 3 aromatic rings. The SMILES string of the molecule is Cc1noc2ncnc(N3CCC(C(=O)Nc4ccc(Cl)cc4)CC3)c12. The number of hydrogen-bond donors (Lipinski definition) is 1. The summed E-state index contributed by atoms with van der Waals surface area (Å²) >= 11 is 5.88. The van der Waals surface area contributed by atoms with Gasteiger partial charge in [0.1, 0.15) is 17.5 Å². The molecule has 4 rings (SSSR count). The molecule has 1 aromatic carbocycles. The van der Waals surface area contributed by atoms with Crippen LogP contribution in [0.25, 0.3) is 11.1 Å². The number of aromatic nitrogens is 3. The van der Waals surface area contributed by atoms with Gasteiger partial charge in [-0.25, -0.2) is 4.98 Å². The van der Waals surface area contributed by atoms with Gasteiger partial charge in [0.15, 0.2) is 0 Å². The summed E-state index contributed by atoms with van der Waals surface area (Å²) in [5.41, 5.74) is 2.03. The number of amides is 1. The molecule has 1 fully saturated rings. The van der Waals surface area contributed by atoms with Gasteiger partial charge in [0, 0.05) is 29.7 Å². The van der Waals surface area contributed by atoms with Crippen molar-refractivity contribution >= 4 is 40.1 Å². The lowest BCUT2D eigenvalue weighted by Gasteiger charge is -2.32. The molecule has 3 heterocycles. The maximum absolute atomic E-state index is 12.5. The van der Waals surface area contributed by atoms with Crippen molar-refractivity contribution in [3.63, 3.8) is 0 Å². The van der Waals surface area contributed by atoms with Crippen molar-refractivity contribution in [3.05, 3.63) is 41.3 Å². The second-order valence-corrected chi connectivity index (χ2v) is 6.84. The van der Waals surface area contributed by atoms with Gasteiger partial charge in [0.25, 0.3) is 5.71 Å². The number of nitrogens with one attached hydrogen (secondary N) is 1.